The lowest BCUT2D eigenvalue weighted by Gasteiger charge is -2.23. The Balaban J connectivity index is 0.00000210. The quantitative estimate of drug-likeness (QED) is 0.648. The van der Waals surface area contributed by atoms with Crippen molar-refractivity contribution in [1.82, 2.24) is 20.2 Å². The normalized spacial score (nSPS) is 15.7. The Labute approximate surface area is 184 Å². The third-order valence-corrected chi connectivity index (χ3v) is 5.11. The van der Waals surface area contributed by atoms with E-state index in [1.807, 2.05) is 37.5 Å². The molecule has 0 bridgehead atoms. The van der Waals surface area contributed by atoms with Gasteiger partial charge in [-0.2, -0.15) is 0 Å². The number of nitrogens with one attached hydrogen (secondary N) is 2. The number of carbonyl (C=O) groups is 1. The third kappa shape index (κ3) is 7.14. The molecular formula is C21H30Cl2N4O2. The van der Waals surface area contributed by atoms with Gasteiger partial charge in [0.2, 0.25) is 0 Å². The summed E-state index contributed by atoms with van der Waals surface area (Å²) in [5.74, 6) is 0.161. The van der Waals surface area contributed by atoms with Crippen LogP contribution in [0.4, 0.5) is 0 Å². The first-order chi connectivity index (χ1) is 13.1. The van der Waals surface area contributed by atoms with Crippen LogP contribution in [0.5, 0.6) is 0 Å². The first-order valence-electron chi connectivity index (χ1n) is 9.73. The van der Waals surface area contributed by atoms with E-state index in [9.17, 15) is 9.59 Å². The minimum absolute atomic E-state index is 0. The van der Waals surface area contributed by atoms with Crippen LogP contribution in [0.3, 0.4) is 0 Å². The number of aryl methyl sites for hydroxylation is 2. The Morgan fingerprint density at radius 1 is 1.34 bits per heavy atom. The summed E-state index contributed by atoms with van der Waals surface area (Å²) in [4.78, 5) is 29.5. The molecule has 8 heteroatoms. The number of nitrogens with zero attached hydrogens (tertiary/aromatic N) is 2. The van der Waals surface area contributed by atoms with E-state index in [-0.39, 0.29) is 41.8 Å². The summed E-state index contributed by atoms with van der Waals surface area (Å²) >= 11 is 0. The molecule has 1 unspecified atom stereocenters. The second kappa shape index (κ2) is 12.6. The summed E-state index contributed by atoms with van der Waals surface area (Å²) in [5.41, 5.74) is 1.95. The number of amides is 1. The van der Waals surface area contributed by atoms with E-state index in [1.54, 1.807) is 10.8 Å². The lowest BCUT2D eigenvalue weighted by Crippen LogP contribution is -2.38. The molecule has 2 aromatic rings. The van der Waals surface area contributed by atoms with Crippen molar-refractivity contribution in [2.75, 3.05) is 19.6 Å². The largest absolute Gasteiger partial charge is 0.352 e. The van der Waals surface area contributed by atoms with Crippen LogP contribution in [0.2, 0.25) is 0 Å². The molecule has 1 aliphatic heterocycles. The third-order valence-electron chi connectivity index (χ3n) is 5.11. The van der Waals surface area contributed by atoms with Gasteiger partial charge in [0.25, 0.3) is 11.5 Å². The Morgan fingerprint density at radius 2 is 2.17 bits per heavy atom. The number of pyridine rings is 2. The van der Waals surface area contributed by atoms with Crippen molar-refractivity contribution in [3.05, 3.63) is 63.8 Å². The number of carbonyl (C=O) groups excluding carboxylic acids is 1. The Bertz CT molecular complexity index is 821. The maximum atomic E-state index is 12.8. The number of aromatic nitrogens is 2. The first-order valence-corrected chi connectivity index (χ1v) is 9.73. The van der Waals surface area contributed by atoms with E-state index in [2.05, 4.69) is 15.6 Å². The average molecular weight is 441 g/mol. The predicted octanol–water partition coefficient (Wildman–Crippen LogP) is 2.76. The molecular weight excluding hydrogens is 411 g/mol. The summed E-state index contributed by atoms with van der Waals surface area (Å²) in [5, 5.41) is 6.27. The van der Waals surface area contributed by atoms with Crippen LogP contribution in [0, 0.1) is 12.8 Å². The minimum Gasteiger partial charge on any atom is -0.352 e. The maximum absolute atomic E-state index is 12.8. The van der Waals surface area contributed by atoms with Gasteiger partial charge in [0.15, 0.2) is 0 Å². The number of rotatable bonds is 7. The van der Waals surface area contributed by atoms with Gasteiger partial charge in [-0.3, -0.25) is 14.6 Å². The molecule has 1 atom stereocenters. The molecule has 1 amide bonds. The highest BCUT2D eigenvalue weighted by molar-refractivity contribution is 5.95. The Hall–Kier alpha value is -1.89. The zero-order chi connectivity index (χ0) is 19.1. The maximum Gasteiger partial charge on any atom is 0.263 e. The summed E-state index contributed by atoms with van der Waals surface area (Å²) in [6.45, 7) is 4.99. The molecule has 160 valence electrons. The van der Waals surface area contributed by atoms with Crippen molar-refractivity contribution in [3.8, 4) is 0 Å². The molecule has 0 aliphatic carbocycles. The van der Waals surface area contributed by atoms with Crippen molar-refractivity contribution in [1.29, 1.82) is 0 Å². The van der Waals surface area contributed by atoms with Crippen LogP contribution in [-0.2, 0) is 13.0 Å². The minimum atomic E-state index is -0.278. The van der Waals surface area contributed by atoms with Crippen LogP contribution >= 0.6 is 24.8 Å². The fourth-order valence-electron chi connectivity index (χ4n) is 3.57. The summed E-state index contributed by atoms with van der Waals surface area (Å²) < 4.78 is 1.69. The first kappa shape index (κ1) is 25.1. The van der Waals surface area contributed by atoms with Crippen molar-refractivity contribution < 1.29 is 4.79 Å². The number of piperidine rings is 1. The molecule has 2 N–H and O–H groups in total. The van der Waals surface area contributed by atoms with E-state index in [1.165, 1.54) is 0 Å². The van der Waals surface area contributed by atoms with Gasteiger partial charge in [-0.25, -0.2) is 0 Å². The van der Waals surface area contributed by atoms with E-state index in [4.69, 9.17) is 0 Å². The summed E-state index contributed by atoms with van der Waals surface area (Å²) in [6.07, 6.45) is 9.30. The van der Waals surface area contributed by atoms with Crippen LogP contribution in [0.1, 0.15) is 40.7 Å². The summed E-state index contributed by atoms with van der Waals surface area (Å²) in [6, 6.07) is 5.79. The van der Waals surface area contributed by atoms with Gasteiger partial charge < -0.3 is 15.2 Å². The van der Waals surface area contributed by atoms with Crippen LogP contribution in [0.25, 0.3) is 0 Å². The lowest BCUT2D eigenvalue weighted by molar-refractivity contribution is 0.0950. The van der Waals surface area contributed by atoms with Crippen LogP contribution < -0.4 is 16.2 Å². The highest BCUT2D eigenvalue weighted by atomic mass is 35.5. The van der Waals surface area contributed by atoms with Gasteiger partial charge in [-0.1, -0.05) is 6.07 Å². The number of halogens is 2. The highest BCUT2D eigenvalue weighted by Crippen LogP contribution is 2.12. The molecule has 29 heavy (non-hydrogen) atoms. The Morgan fingerprint density at radius 3 is 2.86 bits per heavy atom. The van der Waals surface area contributed by atoms with E-state index < -0.39 is 0 Å². The van der Waals surface area contributed by atoms with Crippen molar-refractivity contribution in [2.24, 2.45) is 5.92 Å². The molecule has 0 saturated carbocycles. The van der Waals surface area contributed by atoms with Gasteiger partial charge >= 0.3 is 0 Å². The van der Waals surface area contributed by atoms with Gasteiger partial charge in [-0.05, 0) is 74.9 Å². The van der Waals surface area contributed by atoms with E-state index >= 15 is 0 Å². The fraction of sp³-hybridized carbons (Fsp3) is 0.476. The molecule has 6 nitrogen and oxygen atoms in total. The van der Waals surface area contributed by atoms with Crippen molar-refractivity contribution in [3.63, 3.8) is 0 Å². The molecule has 1 fully saturated rings. The number of hydrogen-bond acceptors (Lipinski definition) is 4. The Kier molecular flexibility index (Phi) is 10.9. The van der Waals surface area contributed by atoms with E-state index in [0.29, 0.717) is 19.0 Å². The van der Waals surface area contributed by atoms with E-state index in [0.717, 1.165) is 49.9 Å². The zero-order valence-corrected chi connectivity index (χ0v) is 18.4. The highest BCUT2D eigenvalue weighted by Gasteiger charge is 2.18. The molecule has 0 radical (unpaired) electrons. The zero-order valence-electron chi connectivity index (χ0n) is 16.7. The molecule has 3 rings (SSSR count). The van der Waals surface area contributed by atoms with Gasteiger partial charge in [-0.15, -0.1) is 24.8 Å². The van der Waals surface area contributed by atoms with Gasteiger partial charge in [0, 0.05) is 31.7 Å². The molecule has 1 aliphatic rings. The SMILES string of the molecule is Cc1ccn(CC2CCCNC2)c(=O)c1C(=O)NCCCc1cccnc1.Cl.Cl. The van der Waals surface area contributed by atoms with Gasteiger partial charge in [0.05, 0.1) is 0 Å². The summed E-state index contributed by atoms with van der Waals surface area (Å²) in [7, 11) is 0. The second-order valence-electron chi connectivity index (χ2n) is 7.26. The standard InChI is InChI=1S/C21H28N4O2.2ClH/c1-16-8-12-25(15-18-7-3-10-23-14-18)21(27)19(16)20(26)24-11-4-6-17-5-2-9-22-13-17;;/h2,5,8-9,12-13,18,23H,3-4,6-7,10-11,14-15H2,1H3,(H,24,26);2*1H. The van der Waals surface area contributed by atoms with Crippen molar-refractivity contribution in [2.45, 2.75) is 39.2 Å². The van der Waals surface area contributed by atoms with Crippen molar-refractivity contribution >= 4 is 30.7 Å². The molecule has 2 aromatic heterocycles. The van der Waals surface area contributed by atoms with Gasteiger partial charge in [0.1, 0.15) is 5.56 Å². The molecule has 0 spiro atoms. The monoisotopic (exact) mass is 440 g/mol. The topological polar surface area (TPSA) is 76.0 Å². The van der Waals surface area contributed by atoms with Crippen LogP contribution in [-0.4, -0.2) is 35.1 Å². The number of hydrogen-bond donors (Lipinski definition) is 2. The smallest absolute Gasteiger partial charge is 0.263 e. The molecule has 3 heterocycles. The second-order valence-corrected chi connectivity index (χ2v) is 7.26. The fourth-order valence-corrected chi connectivity index (χ4v) is 3.57. The van der Waals surface area contributed by atoms with Crippen LogP contribution in [0.15, 0.2) is 41.6 Å². The lowest BCUT2D eigenvalue weighted by atomic mass is 9.99. The molecule has 0 aromatic carbocycles. The average Bonchev–Trinajstić information content (AvgIpc) is 2.69. The predicted molar refractivity (Wildman–Crippen MR) is 120 cm³/mol. The molecule has 1 saturated heterocycles.